The summed E-state index contributed by atoms with van der Waals surface area (Å²) in [7, 11) is 0. The van der Waals surface area contributed by atoms with Crippen molar-refractivity contribution in [2.75, 3.05) is 0 Å². The third kappa shape index (κ3) is 1.97. The van der Waals surface area contributed by atoms with E-state index in [9.17, 15) is 10.1 Å². The molecular formula is C13H12N4O2. The van der Waals surface area contributed by atoms with Crippen LogP contribution in [0.1, 0.15) is 11.3 Å². The summed E-state index contributed by atoms with van der Waals surface area (Å²) in [6.07, 6.45) is 5.32. The van der Waals surface area contributed by atoms with Gasteiger partial charge in [-0.2, -0.15) is 0 Å². The molecule has 1 N–H and O–H groups in total. The minimum Gasteiger partial charge on any atom is -0.358 e. The number of aromatic nitrogens is 3. The lowest BCUT2D eigenvalue weighted by Gasteiger charge is -2.02. The molecule has 0 atom stereocenters. The fourth-order valence-electron chi connectivity index (χ4n) is 2.25. The maximum absolute atomic E-state index is 10.9. The molecule has 0 saturated carbocycles. The highest BCUT2D eigenvalue weighted by atomic mass is 16.6. The van der Waals surface area contributed by atoms with E-state index in [0.29, 0.717) is 6.54 Å². The van der Waals surface area contributed by atoms with Gasteiger partial charge in [0.2, 0.25) is 0 Å². The second kappa shape index (κ2) is 4.24. The van der Waals surface area contributed by atoms with Crippen molar-refractivity contribution in [1.82, 2.24) is 14.5 Å². The standard InChI is InChI=1S/C13H12N4O2/c1-9-12(7-16-5-4-14-8-16)11-6-10(17(18)19)2-3-13(11)15-9/h2-6,8,15H,7H2,1H3. The molecule has 96 valence electrons. The summed E-state index contributed by atoms with van der Waals surface area (Å²) in [5.41, 5.74) is 3.09. The first-order valence-electron chi connectivity index (χ1n) is 5.86. The molecule has 6 heteroatoms. The summed E-state index contributed by atoms with van der Waals surface area (Å²) < 4.78 is 1.94. The number of aromatic amines is 1. The lowest BCUT2D eigenvalue weighted by Crippen LogP contribution is -1.97. The molecule has 3 aromatic rings. The van der Waals surface area contributed by atoms with Crippen LogP contribution in [0.2, 0.25) is 0 Å². The normalized spacial score (nSPS) is 11.0. The Kier molecular flexibility index (Phi) is 2.56. The van der Waals surface area contributed by atoms with Gasteiger partial charge < -0.3 is 9.55 Å². The van der Waals surface area contributed by atoms with Crippen LogP contribution in [0.25, 0.3) is 10.9 Å². The van der Waals surface area contributed by atoms with Crippen molar-refractivity contribution >= 4 is 16.6 Å². The van der Waals surface area contributed by atoms with E-state index >= 15 is 0 Å². The molecule has 2 aromatic heterocycles. The molecule has 1 aromatic carbocycles. The van der Waals surface area contributed by atoms with Gasteiger partial charge in [0.1, 0.15) is 0 Å². The Bertz CT molecular complexity index is 743. The smallest absolute Gasteiger partial charge is 0.270 e. The van der Waals surface area contributed by atoms with E-state index in [2.05, 4.69) is 9.97 Å². The Morgan fingerprint density at radius 1 is 1.47 bits per heavy atom. The Morgan fingerprint density at radius 3 is 3.00 bits per heavy atom. The highest BCUT2D eigenvalue weighted by Crippen LogP contribution is 2.26. The van der Waals surface area contributed by atoms with Crippen molar-refractivity contribution in [2.24, 2.45) is 0 Å². The summed E-state index contributed by atoms with van der Waals surface area (Å²) in [6, 6.07) is 4.88. The van der Waals surface area contributed by atoms with E-state index in [1.54, 1.807) is 24.7 Å². The third-order valence-corrected chi connectivity index (χ3v) is 3.21. The van der Waals surface area contributed by atoms with Gasteiger partial charge in [-0.25, -0.2) is 4.98 Å². The fourth-order valence-corrected chi connectivity index (χ4v) is 2.25. The number of aryl methyl sites for hydroxylation is 1. The Balaban J connectivity index is 2.14. The van der Waals surface area contributed by atoms with Gasteiger partial charge in [0, 0.05) is 46.7 Å². The lowest BCUT2D eigenvalue weighted by atomic mass is 10.1. The molecule has 0 aliphatic carbocycles. The summed E-state index contributed by atoms with van der Waals surface area (Å²) >= 11 is 0. The number of rotatable bonds is 3. The van der Waals surface area contributed by atoms with Crippen LogP contribution in [0.3, 0.4) is 0 Å². The van der Waals surface area contributed by atoms with Crippen molar-refractivity contribution in [3.05, 3.63) is 58.3 Å². The van der Waals surface area contributed by atoms with Gasteiger partial charge in [0.25, 0.3) is 5.69 Å². The molecule has 0 radical (unpaired) electrons. The molecule has 0 aliphatic rings. The average Bonchev–Trinajstić information content (AvgIpc) is 2.98. The zero-order valence-corrected chi connectivity index (χ0v) is 10.3. The zero-order chi connectivity index (χ0) is 13.4. The average molecular weight is 256 g/mol. The van der Waals surface area contributed by atoms with E-state index in [1.165, 1.54) is 6.07 Å². The van der Waals surface area contributed by atoms with E-state index in [4.69, 9.17) is 0 Å². The Hall–Kier alpha value is -2.63. The van der Waals surface area contributed by atoms with Gasteiger partial charge in [0.15, 0.2) is 0 Å². The van der Waals surface area contributed by atoms with Gasteiger partial charge in [0.05, 0.1) is 17.8 Å². The van der Waals surface area contributed by atoms with Crippen molar-refractivity contribution in [2.45, 2.75) is 13.5 Å². The van der Waals surface area contributed by atoms with Gasteiger partial charge in [-0.05, 0) is 13.0 Å². The largest absolute Gasteiger partial charge is 0.358 e. The van der Waals surface area contributed by atoms with Crippen molar-refractivity contribution in [3.8, 4) is 0 Å². The van der Waals surface area contributed by atoms with Crippen LogP contribution in [0.15, 0.2) is 36.9 Å². The SMILES string of the molecule is Cc1[nH]c2ccc([N+](=O)[O-])cc2c1Cn1ccnc1. The number of benzene rings is 1. The van der Waals surface area contributed by atoms with E-state index in [1.807, 2.05) is 17.7 Å². The number of nitro groups is 1. The Morgan fingerprint density at radius 2 is 2.32 bits per heavy atom. The quantitative estimate of drug-likeness (QED) is 0.578. The number of H-pyrrole nitrogens is 1. The number of nitro benzene ring substituents is 1. The number of nitrogens with zero attached hydrogens (tertiary/aromatic N) is 3. The lowest BCUT2D eigenvalue weighted by molar-refractivity contribution is -0.384. The first-order valence-corrected chi connectivity index (χ1v) is 5.86. The number of hydrogen-bond donors (Lipinski definition) is 1. The summed E-state index contributed by atoms with van der Waals surface area (Å²) in [4.78, 5) is 17.7. The Labute approximate surface area is 108 Å². The summed E-state index contributed by atoms with van der Waals surface area (Å²) in [5, 5.41) is 11.7. The predicted molar refractivity (Wildman–Crippen MR) is 71.0 cm³/mol. The fraction of sp³-hybridized carbons (Fsp3) is 0.154. The molecule has 2 heterocycles. The number of imidazole rings is 1. The van der Waals surface area contributed by atoms with E-state index in [-0.39, 0.29) is 10.6 Å². The van der Waals surface area contributed by atoms with Gasteiger partial charge >= 0.3 is 0 Å². The molecular weight excluding hydrogens is 244 g/mol. The molecule has 0 bridgehead atoms. The van der Waals surface area contributed by atoms with Gasteiger partial charge in [-0.3, -0.25) is 10.1 Å². The molecule has 0 spiro atoms. The maximum atomic E-state index is 10.9. The van der Waals surface area contributed by atoms with Crippen LogP contribution in [0.5, 0.6) is 0 Å². The highest BCUT2D eigenvalue weighted by molar-refractivity contribution is 5.86. The number of hydrogen-bond acceptors (Lipinski definition) is 3. The minimum absolute atomic E-state index is 0.110. The van der Waals surface area contributed by atoms with Gasteiger partial charge in [-0.1, -0.05) is 0 Å². The topological polar surface area (TPSA) is 76.8 Å². The van der Waals surface area contributed by atoms with E-state index < -0.39 is 0 Å². The zero-order valence-electron chi connectivity index (χ0n) is 10.3. The van der Waals surface area contributed by atoms with Crippen molar-refractivity contribution in [3.63, 3.8) is 0 Å². The van der Waals surface area contributed by atoms with Crippen LogP contribution < -0.4 is 0 Å². The maximum Gasteiger partial charge on any atom is 0.270 e. The predicted octanol–water partition coefficient (Wildman–Crippen LogP) is 2.63. The summed E-state index contributed by atoms with van der Waals surface area (Å²) in [5.74, 6) is 0. The number of non-ortho nitro benzene ring substituents is 1. The molecule has 0 saturated heterocycles. The molecule has 0 amide bonds. The third-order valence-electron chi connectivity index (χ3n) is 3.21. The number of nitrogens with one attached hydrogen (secondary N) is 1. The summed E-state index contributed by atoms with van der Waals surface area (Å²) in [6.45, 7) is 2.62. The van der Waals surface area contributed by atoms with Crippen molar-refractivity contribution < 1.29 is 4.92 Å². The highest BCUT2D eigenvalue weighted by Gasteiger charge is 2.13. The van der Waals surface area contributed by atoms with Gasteiger partial charge in [-0.15, -0.1) is 0 Å². The van der Waals surface area contributed by atoms with Crippen LogP contribution >= 0.6 is 0 Å². The monoisotopic (exact) mass is 256 g/mol. The molecule has 0 fully saturated rings. The van der Waals surface area contributed by atoms with Crippen LogP contribution in [-0.2, 0) is 6.54 Å². The first-order chi connectivity index (χ1) is 9.15. The first kappa shape index (κ1) is 11.5. The molecule has 0 unspecified atom stereocenters. The second-order valence-electron chi connectivity index (χ2n) is 4.45. The molecule has 19 heavy (non-hydrogen) atoms. The van der Waals surface area contributed by atoms with Crippen LogP contribution in [-0.4, -0.2) is 19.5 Å². The minimum atomic E-state index is -0.372. The van der Waals surface area contributed by atoms with E-state index in [0.717, 1.165) is 22.2 Å². The molecule has 6 nitrogen and oxygen atoms in total. The second-order valence-corrected chi connectivity index (χ2v) is 4.45. The molecule has 0 aliphatic heterocycles. The van der Waals surface area contributed by atoms with Crippen molar-refractivity contribution in [1.29, 1.82) is 0 Å². The number of fused-ring (bicyclic) bond motifs is 1. The molecule has 3 rings (SSSR count). The van der Waals surface area contributed by atoms with Crippen LogP contribution in [0, 0.1) is 17.0 Å². The van der Waals surface area contributed by atoms with Crippen LogP contribution in [0.4, 0.5) is 5.69 Å².